The first-order valence-electron chi connectivity index (χ1n) is 11.4. The van der Waals surface area contributed by atoms with E-state index < -0.39 is 17.8 Å². The number of nitrogens with one attached hydrogen (secondary N) is 1. The number of barbiturate groups is 1. The lowest BCUT2D eigenvalue weighted by molar-refractivity contribution is -0.122. The smallest absolute Gasteiger partial charge is 0.335 e. The standard InChI is InChI=1S/C28H25ClN2O6/c1-17-6-4-8-20(12-17)31-27(33)22(26(32)30-28(31)34)14-19-15-23(29)25(24(16-19)35-3)37-11-10-36-21-9-5-7-18(2)13-21/h4-9,12-16H,10-11H2,1-3H3,(H,30,32,34)/b22-14-. The van der Waals surface area contributed by atoms with Gasteiger partial charge in [-0.1, -0.05) is 35.9 Å². The van der Waals surface area contributed by atoms with Crippen LogP contribution in [0.5, 0.6) is 17.2 Å². The van der Waals surface area contributed by atoms with Crippen molar-refractivity contribution in [3.05, 3.63) is 87.9 Å². The molecule has 3 aromatic carbocycles. The van der Waals surface area contributed by atoms with E-state index in [-0.39, 0.29) is 23.8 Å². The highest BCUT2D eigenvalue weighted by molar-refractivity contribution is 6.39. The highest BCUT2D eigenvalue weighted by atomic mass is 35.5. The van der Waals surface area contributed by atoms with E-state index in [1.807, 2.05) is 44.2 Å². The Morgan fingerprint density at radius 3 is 2.32 bits per heavy atom. The Kier molecular flexibility index (Phi) is 7.79. The summed E-state index contributed by atoms with van der Waals surface area (Å²) < 4.78 is 16.9. The second kappa shape index (κ2) is 11.2. The summed E-state index contributed by atoms with van der Waals surface area (Å²) in [5.74, 6) is -0.205. The van der Waals surface area contributed by atoms with Gasteiger partial charge in [0.1, 0.15) is 24.5 Å². The fraction of sp³-hybridized carbons (Fsp3) is 0.179. The number of hydrogen-bond donors (Lipinski definition) is 1. The van der Waals surface area contributed by atoms with Crippen LogP contribution in [0.3, 0.4) is 0 Å². The van der Waals surface area contributed by atoms with Crippen LogP contribution in [0, 0.1) is 13.8 Å². The van der Waals surface area contributed by atoms with Gasteiger partial charge >= 0.3 is 6.03 Å². The topological polar surface area (TPSA) is 94.2 Å². The summed E-state index contributed by atoms with van der Waals surface area (Å²) in [6, 6.07) is 16.8. The van der Waals surface area contributed by atoms with Gasteiger partial charge in [0.15, 0.2) is 11.5 Å². The van der Waals surface area contributed by atoms with Gasteiger partial charge in [-0.3, -0.25) is 14.9 Å². The van der Waals surface area contributed by atoms with Crippen molar-refractivity contribution in [1.82, 2.24) is 5.32 Å². The van der Waals surface area contributed by atoms with Gasteiger partial charge in [-0.2, -0.15) is 0 Å². The van der Waals surface area contributed by atoms with E-state index in [4.69, 9.17) is 25.8 Å². The predicted molar refractivity (Wildman–Crippen MR) is 140 cm³/mol. The second-order valence-electron chi connectivity index (χ2n) is 8.34. The molecule has 9 heteroatoms. The van der Waals surface area contributed by atoms with E-state index in [0.29, 0.717) is 22.7 Å². The first kappa shape index (κ1) is 25.8. The van der Waals surface area contributed by atoms with Crippen LogP contribution < -0.4 is 24.4 Å². The molecule has 3 aromatic rings. The molecule has 0 radical (unpaired) electrons. The molecule has 1 heterocycles. The largest absolute Gasteiger partial charge is 0.493 e. The number of methoxy groups -OCH3 is 1. The molecule has 1 aliphatic heterocycles. The fourth-order valence-electron chi connectivity index (χ4n) is 3.80. The molecule has 0 aliphatic carbocycles. The van der Waals surface area contributed by atoms with E-state index in [9.17, 15) is 14.4 Å². The first-order valence-corrected chi connectivity index (χ1v) is 11.8. The van der Waals surface area contributed by atoms with Crippen LogP contribution >= 0.6 is 11.6 Å². The summed E-state index contributed by atoms with van der Waals surface area (Å²) in [4.78, 5) is 39.0. The molecule has 1 N–H and O–H groups in total. The second-order valence-corrected chi connectivity index (χ2v) is 8.75. The Balaban J connectivity index is 1.53. The molecule has 0 unspecified atom stereocenters. The van der Waals surface area contributed by atoms with Crippen LogP contribution in [0.15, 0.2) is 66.2 Å². The van der Waals surface area contributed by atoms with Gasteiger partial charge < -0.3 is 14.2 Å². The molecule has 190 valence electrons. The third-order valence-electron chi connectivity index (χ3n) is 5.51. The number of ether oxygens (including phenoxy) is 3. The Bertz CT molecular complexity index is 1400. The zero-order chi connectivity index (χ0) is 26.5. The van der Waals surface area contributed by atoms with Gasteiger partial charge in [0, 0.05) is 0 Å². The lowest BCUT2D eigenvalue weighted by Gasteiger charge is -2.26. The van der Waals surface area contributed by atoms with Crippen molar-refractivity contribution < 1.29 is 28.6 Å². The predicted octanol–water partition coefficient (Wildman–Crippen LogP) is 5.09. The lowest BCUT2D eigenvalue weighted by Crippen LogP contribution is -2.54. The summed E-state index contributed by atoms with van der Waals surface area (Å²) in [7, 11) is 1.45. The summed E-state index contributed by atoms with van der Waals surface area (Å²) in [6.45, 7) is 4.31. The van der Waals surface area contributed by atoms with Crippen molar-refractivity contribution in [2.45, 2.75) is 13.8 Å². The molecule has 0 bridgehead atoms. The summed E-state index contributed by atoms with van der Waals surface area (Å²) in [5.41, 5.74) is 2.50. The summed E-state index contributed by atoms with van der Waals surface area (Å²) in [5, 5.41) is 2.43. The van der Waals surface area contributed by atoms with Crippen LogP contribution in [-0.4, -0.2) is 38.2 Å². The molecule has 37 heavy (non-hydrogen) atoms. The number of imide groups is 2. The van der Waals surface area contributed by atoms with Gasteiger partial charge in [0.2, 0.25) is 0 Å². The molecular weight excluding hydrogens is 496 g/mol. The number of benzene rings is 3. The monoisotopic (exact) mass is 520 g/mol. The van der Waals surface area contributed by atoms with Crippen molar-refractivity contribution in [2.75, 3.05) is 25.2 Å². The zero-order valence-corrected chi connectivity index (χ0v) is 21.3. The Labute approximate surface area is 219 Å². The number of urea groups is 1. The Hall–Kier alpha value is -4.30. The molecule has 4 rings (SSSR count). The lowest BCUT2D eigenvalue weighted by atomic mass is 10.1. The minimum Gasteiger partial charge on any atom is -0.493 e. The SMILES string of the molecule is COc1cc(/C=C2/C(=O)NC(=O)N(c3cccc(C)c3)C2=O)cc(Cl)c1OCCOc1cccc(C)c1. The quantitative estimate of drug-likeness (QED) is 0.252. The Morgan fingerprint density at radius 1 is 0.919 bits per heavy atom. The highest BCUT2D eigenvalue weighted by Crippen LogP contribution is 2.37. The maximum atomic E-state index is 13.2. The molecule has 8 nitrogen and oxygen atoms in total. The van der Waals surface area contributed by atoms with E-state index in [1.54, 1.807) is 30.3 Å². The van der Waals surface area contributed by atoms with Crippen LogP contribution in [0.2, 0.25) is 5.02 Å². The summed E-state index contributed by atoms with van der Waals surface area (Å²) >= 11 is 6.46. The molecule has 0 atom stereocenters. The number of hydrogen-bond acceptors (Lipinski definition) is 6. The van der Waals surface area contributed by atoms with E-state index in [0.717, 1.165) is 21.8 Å². The fourth-order valence-corrected chi connectivity index (χ4v) is 4.07. The number of rotatable bonds is 8. The number of nitrogens with zero attached hydrogens (tertiary/aromatic N) is 1. The molecular formula is C28H25ClN2O6. The van der Waals surface area contributed by atoms with Gasteiger partial charge in [-0.15, -0.1) is 0 Å². The normalized spacial score (nSPS) is 14.5. The van der Waals surface area contributed by atoms with Crippen LogP contribution in [-0.2, 0) is 9.59 Å². The average Bonchev–Trinajstić information content (AvgIpc) is 2.85. The molecule has 0 aromatic heterocycles. The number of aryl methyl sites for hydroxylation is 2. The van der Waals surface area contributed by atoms with E-state index in [2.05, 4.69) is 5.32 Å². The number of anilines is 1. The molecule has 1 fully saturated rings. The number of halogens is 1. The van der Waals surface area contributed by atoms with Gasteiger partial charge in [0.05, 0.1) is 17.8 Å². The highest BCUT2D eigenvalue weighted by Gasteiger charge is 2.36. The average molecular weight is 521 g/mol. The molecule has 0 saturated carbocycles. The maximum Gasteiger partial charge on any atom is 0.335 e. The van der Waals surface area contributed by atoms with E-state index >= 15 is 0 Å². The summed E-state index contributed by atoms with van der Waals surface area (Å²) in [6.07, 6.45) is 1.35. The van der Waals surface area contributed by atoms with Crippen molar-refractivity contribution in [3.8, 4) is 17.2 Å². The van der Waals surface area contributed by atoms with Gasteiger partial charge in [-0.05, 0) is 73.0 Å². The van der Waals surface area contributed by atoms with Gasteiger partial charge in [0.25, 0.3) is 11.8 Å². The molecule has 1 aliphatic rings. The third kappa shape index (κ3) is 5.92. The number of carbonyl (C=O) groups excluding carboxylic acids is 3. The van der Waals surface area contributed by atoms with Crippen molar-refractivity contribution in [1.29, 1.82) is 0 Å². The zero-order valence-electron chi connectivity index (χ0n) is 20.5. The van der Waals surface area contributed by atoms with Crippen molar-refractivity contribution in [2.24, 2.45) is 0 Å². The molecule has 4 amide bonds. The van der Waals surface area contributed by atoms with Crippen LogP contribution in [0.25, 0.3) is 6.08 Å². The number of carbonyl (C=O) groups is 3. The Morgan fingerprint density at radius 2 is 1.62 bits per heavy atom. The van der Waals surface area contributed by atoms with Gasteiger partial charge in [-0.25, -0.2) is 9.69 Å². The maximum absolute atomic E-state index is 13.2. The van der Waals surface area contributed by atoms with E-state index in [1.165, 1.54) is 13.2 Å². The van der Waals surface area contributed by atoms with Crippen molar-refractivity contribution in [3.63, 3.8) is 0 Å². The first-order chi connectivity index (χ1) is 17.8. The molecule has 1 saturated heterocycles. The third-order valence-corrected chi connectivity index (χ3v) is 5.79. The van der Waals surface area contributed by atoms with Crippen molar-refractivity contribution >= 4 is 41.2 Å². The van der Waals surface area contributed by atoms with Crippen LogP contribution in [0.1, 0.15) is 16.7 Å². The molecule has 0 spiro atoms. The minimum absolute atomic E-state index is 0.207. The van der Waals surface area contributed by atoms with Crippen LogP contribution in [0.4, 0.5) is 10.5 Å². The minimum atomic E-state index is -0.815. The number of amides is 4.